The summed E-state index contributed by atoms with van der Waals surface area (Å²) in [7, 11) is 0. The van der Waals surface area contributed by atoms with Crippen molar-refractivity contribution in [3.8, 4) is 33.8 Å². The summed E-state index contributed by atoms with van der Waals surface area (Å²) in [5, 5.41) is 6.56. The second-order valence-electron chi connectivity index (χ2n) is 12.4. The zero-order valence-electron chi connectivity index (χ0n) is 24.4. The smallest absolute Gasteiger partial charge is 0.253 e. The van der Waals surface area contributed by atoms with E-state index in [9.17, 15) is 0 Å². The molecule has 0 N–H and O–H groups in total. The zero-order valence-corrected chi connectivity index (χ0v) is 24.4. The topological polar surface area (TPSA) is 9.86 Å². The number of hydrogen-bond donors (Lipinski definition) is 0. The van der Waals surface area contributed by atoms with Crippen molar-refractivity contribution in [2.24, 2.45) is 0 Å². The van der Waals surface area contributed by atoms with Gasteiger partial charge in [0.1, 0.15) is 0 Å². The molecule has 0 fully saturated rings. The SMILES string of the molecule is c1ccc(-c2c(-c3ccccc3)n3c4c(c5ccccc5cc24)B2c4c-3cccc4-n3c4ccccc4c4cccc2c43)cc1. The summed E-state index contributed by atoms with van der Waals surface area (Å²) in [4.78, 5) is 0. The number of para-hydroxylation sites is 2. The van der Waals surface area contributed by atoms with Crippen LogP contribution in [0, 0.1) is 0 Å². The van der Waals surface area contributed by atoms with E-state index in [-0.39, 0.29) is 6.71 Å². The third-order valence-electron chi connectivity index (χ3n) is 10.3. The third kappa shape index (κ3) is 2.87. The average molecular weight is 568 g/mol. The molecule has 3 heteroatoms. The fraction of sp³-hybridized carbons (Fsp3) is 0. The van der Waals surface area contributed by atoms with Crippen LogP contribution in [0.5, 0.6) is 0 Å². The molecule has 0 atom stereocenters. The molecule has 9 aromatic rings. The van der Waals surface area contributed by atoms with Crippen molar-refractivity contribution in [3.05, 3.63) is 152 Å². The van der Waals surface area contributed by atoms with Gasteiger partial charge in [0.2, 0.25) is 0 Å². The lowest BCUT2D eigenvalue weighted by atomic mass is 9.33. The van der Waals surface area contributed by atoms with Crippen molar-refractivity contribution in [1.82, 2.24) is 9.13 Å². The highest BCUT2D eigenvalue weighted by Crippen LogP contribution is 2.46. The minimum Gasteiger partial charge on any atom is -0.310 e. The largest absolute Gasteiger partial charge is 0.310 e. The first-order valence-corrected chi connectivity index (χ1v) is 15.7. The molecular formula is C42H25BN2. The van der Waals surface area contributed by atoms with E-state index < -0.39 is 0 Å². The molecule has 0 unspecified atom stereocenters. The van der Waals surface area contributed by atoms with E-state index in [0.29, 0.717) is 0 Å². The lowest BCUT2D eigenvalue weighted by Crippen LogP contribution is -2.59. The van der Waals surface area contributed by atoms with E-state index >= 15 is 0 Å². The lowest BCUT2D eigenvalue weighted by molar-refractivity contribution is 1.12. The van der Waals surface area contributed by atoms with Crippen LogP contribution in [0.2, 0.25) is 0 Å². The van der Waals surface area contributed by atoms with Crippen LogP contribution in [-0.4, -0.2) is 15.8 Å². The van der Waals surface area contributed by atoms with Crippen LogP contribution in [0.4, 0.5) is 0 Å². The zero-order chi connectivity index (χ0) is 29.2. The van der Waals surface area contributed by atoms with Gasteiger partial charge in [-0.1, -0.05) is 127 Å². The Balaban J connectivity index is 1.43. The third-order valence-corrected chi connectivity index (χ3v) is 10.3. The minimum atomic E-state index is 0.111. The maximum Gasteiger partial charge on any atom is 0.253 e. The summed E-state index contributed by atoms with van der Waals surface area (Å²) in [6, 6.07) is 56.2. The first-order chi connectivity index (χ1) is 22.4. The predicted octanol–water partition coefficient (Wildman–Crippen LogP) is 8.36. The van der Waals surface area contributed by atoms with Crippen molar-refractivity contribution in [3.63, 3.8) is 0 Å². The van der Waals surface area contributed by atoms with E-state index in [2.05, 4.69) is 161 Å². The normalized spacial score (nSPS) is 12.8. The minimum absolute atomic E-state index is 0.111. The fourth-order valence-corrected chi connectivity index (χ4v) is 8.66. The van der Waals surface area contributed by atoms with Crippen molar-refractivity contribution >= 4 is 66.6 Å². The number of nitrogens with zero attached hydrogens (tertiary/aromatic N) is 2. The Morgan fingerprint density at radius 2 is 1.07 bits per heavy atom. The quantitative estimate of drug-likeness (QED) is 0.186. The van der Waals surface area contributed by atoms with Crippen LogP contribution in [0.15, 0.2) is 152 Å². The van der Waals surface area contributed by atoms with Gasteiger partial charge in [0, 0.05) is 38.6 Å². The van der Waals surface area contributed by atoms with E-state index in [0.717, 1.165) is 0 Å². The van der Waals surface area contributed by atoms with Crippen LogP contribution < -0.4 is 16.4 Å². The van der Waals surface area contributed by atoms with Crippen LogP contribution in [0.1, 0.15) is 0 Å². The van der Waals surface area contributed by atoms with E-state index in [4.69, 9.17) is 0 Å². The Hall–Kier alpha value is -5.80. The summed E-state index contributed by atoms with van der Waals surface area (Å²) < 4.78 is 5.13. The summed E-state index contributed by atoms with van der Waals surface area (Å²) >= 11 is 0. The Morgan fingerprint density at radius 3 is 1.89 bits per heavy atom. The molecular weight excluding hydrogens is 543 g/mol. The number of benzene rings is 7. The molecule has 0 bridgehead atoms. The van der Waals surface area contributed by atoms with Crippen molar-refractivity contribution in [2.75, 3.05) is 0 Å². The van der Waals surface area contributed by atoms with Crippen LogP contribution in [0.3, 0.4) is 0 Å². The molecule has 206 valence electrons. The van der Waals surface area contributed by atoms with Gasteiger partial charge >= 0.3 is 0 Å². The maximum absolute atomic E-state index is 2.60. The molecule has 0 aliphatic carbocycles. The molecule has 2 nitrogen and oxygen atoms in total. The summed E-state index contributed by atoms with van der Waals surface area (Å²) in [5.74, 6) is 0. The molecule has 4 heterocycles. The van der Waals surface area contributed by atoms with E-state index in [1.54, 1.807) is 0 Å². The highest BCUT2D eigenvalue weighted by molar-refractivity contribution is 7.01. The van der Waals surface area contributed by atoms with E-state index in [1.165, 1.54) is 93.6 Å². The molecule has 0 saturated carbocycles. The van der Waals surface area contributed by atoms with Crippen molar-refractivity contribution in [1.29, 1.82) is 0 Å². The monoisotopic (exact) mass is 568 g/mol. The van der Waals surface area contributed by atoms with Crippen molar-refractivity contribution < 1.29 is 0 Å². The molecule has 7 aromatic carbocycles. The molecule has 0 saturated heterocycles. The molecule has 0 radical (unpaired) electrons. The fourth-order valence-electron chi connectivity index (χ4n) is 8.66. The van der Waals surface area contributed by atoms with Gasteiger partial charge in [-0.2, -0.15) is 0 Å². The Morgan fingerprint density at radius 1 is 0.422 bits per heavy atom. The molecule has 0 amide bonds. The van der Waals surface area contributed by atoms with Gasteiger partial charge in [0.05, 0.1) is 16.7 Å². The van der Waals surface area contributed by atoms with Gasteiger partial charge < -0.3 is 9.13 Å². The highest BCUT2D eigenvalue weighted by atomic mass is 15.0. The molecule has 2 aromatic heterocycles. The molecule has 0 spiro atoms. The van der Waals surface area contributed by atoms with Crippen LogP contribution in [-0.2, 0) is 0 Å². The van der Waals surface area contributed by atoms with Crippen molar-refractivity contribution in [2.45, 2.75) is 0 Å². The van der Waals surface area contributed by atoms with Gasteiger partial charge in [-0.3, -0.25) is 0 Å². The highest BCUT2D eigenvalue weighted by Gasteiger charge is 2.42. The molecule has 2 aliphatic rings. The first-order valence-electron chi connectivity index (χ1n) is 15.7. The predicted molar refractivity (Wildman–Crippen MR) is 191 cm³/mol. The average Bonchev–Trinajstić information content (AvgIpc) is 3.63. The second-order valence-corrected chi connectivity index (χ2v) is 12.4. The number of aromatic nitrogens is 2. The Labute approximate surface area is 260 Å². The summed E-state index contributed by atoms with van der Waals surface area (Å²) in [5.41, 5.74) is 15.7. The van der Waals surface area contributed by atoms with Gasteiger partial charge in [0.25, 0.3) is 6.71 Å². The molecule has 11 rings (SSSR count). The maximum atomic E-state index is 2.60. The van der Waals surface area contributed by atoms with Crippen LogP contribution >= 0.6 is 0 Å². The van der Waals surface area contributed by atoms with E-state index in [1.807, 2.05) is 0 Å². The second kappa shape index (κ2) is 8.43. The number of rotatable bonds is 2. The van der Waals surface area contributed by atoms with Gasteiger partial charge in [-0.15, -0.1) is 0 Å². The first kappa shape index (κ1) is 23.6. The number of hydrogen-bond acceptors (Lipinski definition) is 0. The van der Waals surface area contributed by atoms with Gasteiger partial charge in [-0.05, 0) is 62.6 Å². The lowest BCUT2D eigenvalue weighted by Gasteiger charge is -2.34. The van der Waals surface area contributed by atoms with Gasteiger partial charge in [-0.25, -0.2) is 0 Å². The Bertz CT molecular complexity index is 2700. The summed E-state index contributed by atoms with van der Waals surface area (Å²) in [6.07, 6.45) is 0. The molecule has 2 aliphatic heterocycles. The molecule has 45 heavy (non-hydrogen) atoms. The van der Waals surface area contributed by atoms with Gasteiger partial charge in [0.15, 0.2) is 0 Å². The standard InChI is InChI=1S/C42H25BN2/c1-3-13-26(14-4-1)37-32-25-28-17-7-8-18-29(28)38-42(32)45(40(37)27-15-5-2-6-16-27)36-24-12-23-35-39(36)43(38)33-21-11-20-31-30-19-9-10-22-34(30)44(35)41(31)33/h1-25H. The number of fused-ring (bicyclic) bond motifs is 9. The van der Waals surface area contributed by atoms with Crippen LogP contribution in [0.25, 0.3) is 77.2 Å². The summed E-state index contributed by atoms with van der Waals surface area (Å²) in [6.45, 7) is 0.111. The Kier molecular flexibility index (Phi) is 4.43.